The van der Waals surface area contributed by atoms with E-state index in [0.717, 1.165) is 19.6 Å². The minimum atomic E-state index is -1.61. The van der Waals surface area contributed by atoms with Crippen molar-refractivity contribution < 1.29 is 67.7 Å². The fourth-order valence-corrected chi connectivity index (χ4v) is 11.1. The first kappa shape index (κ1) is 66.0. The molecule has 8 N–H and O–H groups in total. The van der Waals surface area contributed by atoms with Gasteiger partial charge in [0.2, 0.25) is 59.1 Å². The minimum Gasteiger partial charge on any atom is -0.505 e. The number of carbonyl (C=O) groups is 12. The number of nitrogens with one attached hydrogen (secondary N) is 6. The van der Waals surface area contributed by atoms with Crippen molar-refractivity contribution in [2.45, 2.75) is 102 Å². The largest absolute Gasteiger partial charge is 0.505 e. The maximum atomic E-state index is 14.8. The Morgan fingerprint density at radius 3 is 1.24 bits per heavy atom. The summed E-state index contributed by atoms with van der Waals surface area (Å²) < 4.78 is 0. The Balaban J connectivity index is 1.17. The smallest absolute Gasteiger partial charge is 0.274 e. The molecule has 4 aromatic rings. The van der Waals surface area contributed by atoms with Crippen LogP contribution in [0.1, 0.15) is 87.2 Å². The molecule has 7 rings (SSSR count). The zero-order valence-corrected chi connectivity index (χ0v) is 50.7. The van der Waals surface area contributed by atoms with Gasteiger partial charge >= 0.3 is 0 Å². The van der Waals surface area contributed by atoms with Crippen LogP contribution in [-0.2, 0) is 47.9 Å². The lowest BCUT2D eigenvalue weighted by atomic mass is 9.99. The van der Waals surface area contributed by atoms with Crippen molar-refractivity contribution >= 4 is 92.7 Å². The van der Waals surface area contributed by atoms with E-state index in [0.29, 0.717) is 47.5 Å². The van der Waals surface area contributed by atoms with Crippen LogP contribution in [0.25, 0.3) is 21.8 Å². The van der Waals surface area contributed by atoms with Gasteiger partial charge in [-0.3, -0.25) is 57.5 Å². The van der Waals surface area contributed by atoms with Gasteiger partial charge in [0.05, 0.1) is 37.2 Å². The Kier molecular flexibility index (Phi) is 22.0. The normalized spacial score (nSPS) is 23.0. The highest BCUT2D eigenvalue weighted by Crippen LogP contribution is 2.26. The molecule has 0 saturated carbocycles. The van der Waals surface area contributed by atoms with Crippen LogP contribution in [0.3, 0.4) is 0 Å². The standard InChI is InChI=1S/C60H78N14O14/c1-33(2)51-57(85)61-27-39(67-55(83)49-43(75)25-35-17-9-11-19-37(35)65-49)59(87)73-23-15-13-21-41(73)53(81)64-30-46(78)70(6)32-48(80)72(8)52(34(3)4)58(86)62-28-40(68-56(84)50-44(76)26-36-18-10-12-20-38(36)66-50)60(88)74-24-16-14-22-42(74)54(82)63-29-45(77)69(5)31-47(79)71(51)7/h9-12,17-20,25-26,33-34,39-42,51-52,75-76H,13-16,21-24,27-32H2,1-8H3,(H,61,85)(H,62,86)(H,63,82)(H,64,81)(H,67,83)(H,68,84)/t39-,40-,41+,42+,51+,52+/m1/s1. The van der Waals surface area contributed by atoms with Gasteiger partial charge in [-0.2, -0.15) is 0 Å². The van der Waals surface area contributed by atoms with E-state index in [-0.39, 0.29) is 25.9 Å². The zero-order valence-electron chi connectivity index (χ0n) is 50.7. The van der Waals surface area contributed by atoms with Crippen molar-refractivity contribution in [2.75, 3.05) is 80.5 Å². The lowest BCUT2D eigenvalue weighted by Gasteiger charge is -2.37. The Labute approximate surface area is 508 Å². The number of piperidine rings is 2. The average molecular weight is 1220 g/mol. The number of rotatable bonds is 6. The summed E-state index contributed by atoms with van der Waals surface area (Å²) in [7, 11) is 5.29. The molecule has 28 heteroatoms. The van der Waals surface area contributed by atoms with E-state index in [1.807, 2.05) is 0 Å². The molecule has 3 fully saturated rings. The number of benzene rings is 2. The first-order valence-electron chi connectivity index (χ1n) is 29.3. The van der Waals surface area contributed by atoms with Gasteiger partial charge in [-0.05, 0) is 74.6 Å². The highest BCUT2D eigenvalue weighted by molar-refractivity contribution is 6.03. The number of likely N-dealkylation sites (N-methyl/N-ethyl adjacent to an activating group) is 4. The number of hydrogen-bond acceptors (Lipinski definition) is 16. The predicted molar refractivity (Wildman–Crippen MR) is 318 cm³/mol. The molecular formula is C60H78N14O14. The number of nitrogens with zero attached hydrogens (tertiary/aromatic N) is 8. The van der Waals surface area contributed by atoms with E-state index >= 15 is 0 Å². The average Bonchev–Trinajstić information content (AvgIpc) is 2.06. The summed E-state index contributed by atoms with van der Waals surface area (Å²) in [5.41, 5.74) is -0.184. The molecule has 0 radical (unpaired) electrons. The monoisotopic (exact) mass is 1220 g/mol. The van der Waals surface area contributed by atoms with Gasteiger partial charge in [0.1, 0.15) is 47.8 Å². The minimum absolute atomic E-state index is 0.00967. The second kappa shape index (κ2) is 29.3. The van der Waals surface area contributed by atoms with Crippen LogP contribution in [-0.4, -0.2) is 237 Å². The highest BCUT2D eigenvalue weighted by Gasteiger charge is 2.41. The Morgan fingerprint density at radius 2 is 0.875 bits per heavy atom. The number of carbonyl (C=O) groups excluding carboxylic acids is 12. The molecule has 472 valence electrons. The van der Waals surface area contributed by atoms with Gasteiger partial charge in [0.15, 0.2) is 11.4 Å². The van der Waals surface area contributed by atoms with Gasteiger partial charge < -0.3 is 71.5 Å². The predicted octanol–water partition coefficient (Wildman–Crippen LogP) is -0.785. The molecule has 0 unspecified atom stereocenters. The van der Waals surface area contributed by atoms with Gasteiger partial charge in [0.25, 0.3) is 11.8 Å². The van der Waals surface area contributed by atoms with E-state index < -0.39 is 181 Å². The maximum absolute atomic E-state index is 14.8. The first-order chi connectivity index (χ1) is 41.8. The van der Waals surface area contributed by atoms with Crippen LogP contribution in [0.5, 0.6) is 11.5 Å². The van der Waals surface area contributed by atoms with Crippen LogP contribution in [0.4, 0.5) is 0 Å². The molecule has 28 nitrogen and oxygen atoms in total. The van der Waals surface area contributed by atoms with Crippen LogP contribution in [0.2, 0.25) is 0 Å². The molecule has 12 amide bonds. The van der Waals surface area contributed by atoms with Crippen LogP contribution < -0.4 is 31.9 Å². The van der Waals surface area contributed by atoms with Crippen molar-refractivity contribution in [2.24, 2.45) is 11.8 Å². The quantitative estimate of drug-likeness (QED) is 0.117. The van der Waals surface area contributed by atoms with Gasteiger partial charge in [-0.1, -0.05) is 64.1 Å². The Bertz CT molecular complexity index is 3140. The van der Waals surface area contributed by atoms with Crippen molar-refractivity contribution in [3.63, 3.8) is 0 Å². The van der Waals surface area contributed by atoms with Crippen molar-refractivity contribution in [1.82, 2.24) is 71.3 Å². The zero-order chi connectivity index (χ0) is 64.3. The van der Waals surface area contributed by atoms with Crippen LogP contribution in [0.15, 0.2) is 60.7 Å². The summed E-state index contributed by atoms with van der Waals surface area (Å²) in [6.45, 7) is 3.02. The number of fused-ring (bicyclic) bond motifs is 4. The Hall–Kier alpha value is -9.50. The summed E-state index contributed by atoms with van der Waals surface area (Å²) in [5, 5.41) is 38.6. The molecule has 3 aliphatic heterocycles. The molecular weight excluding hydrogens is 1140 g/mol. The molecule has 2 aromatic heterocycles. The number of aromatic hydroxyl groups is 2. The van der Waals surface area contributed by atoms with Crippen molar-refractivity contribution in [3.05, 3.63) is 72.1 Å². The van der Waals surface area contributed by atoms with Crippen molar-refractivity contribution in [3.8, 4) is 11.5 Å². The lowest BCUT2D eigenvalue weighted by Crippen LogP contribution is -2.61. The summed E-state index contributed by atoms with van der Waals surface area (Å²) >= 11 is 0. The molecule has 0 spiro atoms. The van der Waals surface area contributed by atoms with E-state index in [9.17, 15) is 67.7 Å². The van der Waals surface area contributed by atoms with E-state index in [1.54, 1.807) is 76.2 Å². The van der Waals surface area contributed by atoms with Crippen LogP contribution in [0, 0.1) is 11.8 Å². The fraction of sp³-hybridized carbons (Fsp3) is 0.500. The molecule has 0 bridgehead atoms. The molecule has 3 aliphatic rings. The summed E-state index contributed by atoms with van der Waals surface area (Å²) in [5.74, 6) is -11.7. The number of amides is 12. The molecule has 0 aliphatic carbocycles. The fourth-order valence-electron chi connectivity index (χ4n) is 11.1. The third kappa shape index (κ3) is 15.7. The number of pyridine rings is 2. The highest BCUT2D eigenvalue weighted by atomic mass is 16.3. The first-order valence-corrected chi connectivity index (χ1v) is 29.3. The second-order valence-electron chi connectivity index (χ2n) is 23.0. The molecule has 6 atom stereocenters. The van der Waals surface area contributed by atoms with Gasteiger partial charge in [-0.25, -0.2) is 9.97 Å². The Morgan fingerprint density at radius 1 is 0.511 bits per heavy atom. The number of hydrogen-bond donors (Lipinski definition) is 8. The van der Waals surface area contributed by atoms with Gasteiger partial charge in [-0.15, -0.1) is 0 Å². The molecule has 2 aromatic carbocycles. The summed E-state index contributed by atoms with van der Waals surface area (Å²) in [4.78, 5) is 185. The number of aromatic nitrogens is 2. The third-order valence-electron chi connectivity index (χ3n) is 16.0. The lowest BCUT2D eigenvalue weighted by molar-refractivity contribution is -0.146. The summed E-state index contributed by atoms with van der Waals surface area (Å²) in [6.07, 6.45) is 2.07. The maximum Gasteiger partial charge on any atom is 0.274 e. The molecule has 5 heterocycles. The van der Waals surface area contributed by atoms with E-state index in [2.05, 4.69) is 41.9 Å². The topological polar surface area (TPSA) is 363 Å². The van der Waals surface area contributed by atoms with E-state index in [4.69, 9.17) is 0 Å². The van der Waals surface area contributed by atoms with Gasteiger partial charge in [0, 0.05) is 65.1 Å². The number of para-hydroxylation sites is 2. The molecule has 88 heavy (non-hydrogen) atoms. The summed E-state index contributed by atoms with van der Waals surface area (Å²) in [6, 6.07) is 7.92. The van der Waals surface area contributed by atoms with Crippen LogP contribution >= 0.6 is 0 Å². The van der Waals surface area contributed by atoms with Crippen molar-refractivity contribution in [1.29, 1.82) is 0 Å². The second-order valence-corrected chi connectivity index (χ2v) is 23.0. The SMILES string of the molecule is CC(C)[C@H]1C(=O)NC[C@@H](NC(=O)c2nc3ccccc3cc2O)C(=O)N2CCCC[C@H]2C(=O)NCC(=O)N(C)CC(=O)N(C)[C@@H](C(C)C)C(=O)NC[C@@H](NC(=O)c2nc3ccccc3cc2O)C(=O)N2CCCC[C@H]2C(=O)NCC(=O)N(C)CC(=O)N1C. The molecule has 3 saturated heterocycles. The third-order valence-corrected chi connectivity index (χ3v) is 16.0. The van der Waals surface area contributed by atoms with E-state index in [1.165, 1.54) is 50.1 Å².